The standard InChI is InChI=1S/C17H22F3NO3S/c1-15(2,3)16(9-4-10-21(16)14(22)23)11-25(24)13-7-5-12(6-8-13)17(18,19)20/h5-8H,4,9-11H2,1-3H3,(H,22,23). The number of halogens is 3. The minimum Gasteiger partial charge on any atom is -0.465 e. The predicted octanol–water partition coefficient (Wildman–Crippen LogP) is 4.37. The fraction of sp³-hybridized carbons (Fsp3) is 0.588. The summed E-state index contributed by atoms with van der Waals surface area (Å²) in [7, 11) is -1.60. The van der Waals surface area contributed by atoms with E-state index in [4.69, 9.17) is 0 Å². The monoisotopic (exact) mass is 377 g/mol. The van der Waals surface area contributed by atoms with E-state index in [2.05, 4.69) is 0 Å². The summed E-state index contributed by atoms with van der Waals surface area (Å²) in [5.74, 6) is 0.0637. The van der Waals surface area contributed by atoms with Crippen molar-refractivity contribution in [2.75, 3.05) is 12.3 Å². The lowest BCUT2D eigenvalue weighted by Crippen LogP contribution is -2.58. The number of hydrogen-bond acceptors (Lipinski definition) is 2. The van der Waals surface area contributed by atoms with Gasteiger partial charge < -0.3 is 10.0 Å². The molecule has 1 aromatic carbocycles. The molecule has 0 saturated carbocycles. The molecule has 1 heterocycles. The van der Waals surface area contributed by atoms with Crippen LogP contribution < -0.4 is 0 Å². The minimum atomic E-state index is -4.45. The lowest BCUT2D eigenvalue weighted by molar-refractivity contribution is -0.137. The average Bonchev–Trinajstić information content (AvgIpc) is 2.91. The van der Waals surface area contributed by atoms with Gasteiger partial charge in [0.1, 0.15) is 0 Å². The number of hydrogen-bond donors (Lipinski definition) is 1. The molecule has 1 aromatic rings. The van der Waals surface area contributed by atoms with Gasteiger partial charge in [0.05, 0.1) is 27.7 Å². The van der Waals surface area contributed by atoms with Gasteiger partial charge in [-0.05, 0) is 42.5 Å². The predicted molar refractivity (Wildman–Crippen MR) is 88.9 cm³/mol. The van der Waals surface area contributed by atoms with Crippen LogP contribution in [0.4, 0.5) is 18.0 Å². The molecule has 2 rings (SSSR count). The Bertz CT molecular complexity index is 667. The number of carbonyl (C=O) groups is 1. The summed E-state index contributed by atoms with van der Waals surface area (Å²) in [6.07, 6.45) is -4.25. The van der Waals surface area contributed by atoms with Gasteiger partial charge in [0, 0.05) is 11.4 Å². The maximum atomic E-state index is 12.8. The van der Waals surface area contributed by atoms with Crippen molar-refractivity contribution < 1.29 is 27.3 Å². The lowest BCUT2D eigenvalue weighted by atomic mass is 9.73. The van der Waals surface area contributed by atoms with Crippen LogP contribution in [-0.2, 0) is 17.0 Å². The Balaban J connectivity index is 2.31. The van der Waals surface area contributed by atoms with Crippen LogP contribution in [-0.4, -0.2) is 38.1 Å². The van der Waals surface area contributed by atoms with E-state index in [1.54, 1.807) is 0 Å². The molecule has 0 aromatic heterocycles. The SMILES string of the molecule is CC(C)(C)C1(CS(=O)c2ccc(C(F)(F)F)cc2)CCCN1C(=O)O. The molecular formula is C17H22F3NO3S. The lowest BCUT2D eigenvalue weighted by Gasteiger charge is -2.46. The van der Waals surface area contributed by atoms with Gasteiger partial charge >= 0.3 is 12.3 Å². The van der Waals surface area contributed by atoms with E-state index in [1.807, 2.05) is 20.8 Å². The summed E-state index contributed by atoms with van der Waals surface area (Å²) >= 11 is 0. The molecule has 1 aliphatic heterocycles. The van der Waals surface area contributed by atoms with Gasteiger partial charge in [0.2, 0.25) is 0 Å². The van der Waals surface area contributed by atoms with Crippen LogP contribution in [0.3, 0.4) is 0 Å². The molecule has 0 radical (unpaired) electrons. The Morgan fingerprint density at radius 1 is 1.24 bits per heavy atom. The molecule has 25 heavy (non-hydrogen) atoms. The van der Waals surface area contributed by atoms with Gasteiger partial charge in [-0.2, -0.15) is 13.2 Å². The molecule has 1 aliphatic rings. The molecule has 8 heteroatoms. The van der Waals surface area contributed by atoms with Crippen LogP contribution in [0.15, 0.2) is 29.2 Å². The maximum absolute atomic E-state index is 12.8. The van der Waals surface area contributed by atoms with Crippen molar-refractivity contribution in [3.05, 3.63) is 29.8 Å². The second kappa shape index (κ2) is 6.63. The zero-order valence-corrected chi connectivity index (χ0v) is 15.2. The Labute approximate surface area is 147 Å². The van der Waals surface area contributed by atoms with Gasteiger partial charge in [-0.3, -0.25) is 4.21 Å². The first-order valence-electron chi connectivity index (χ1n) is 7.95. The maximum Gasteiger partial charge on any atom is 0.416 e. The van der Waals surface area contributed by atoms with Gasteiger partial charge in [-0.15, -0.1) is 0 Å². The number of carboxylic acid groups (broad SMARTS) is 1. The van der Waals surface area contributed by atoms with Gasteiger partial charge in [0.25, 0.3) is 0 Å². The van der Waals surface area contributed by atoms with E-state index in [0.29, 0.717) is 19.4 Å². The number of rotatable bonds is 3. The number of benzene rings is 1. The number of amides is 1. The Kier molecular flexibility index (Phi) is 5.23. The third-order valence-electron chi connectivity index (χ3n) is 4.93. The van der Waals surface area contributed by atoms with Crippen molar-refractivity contribution >= 4 is 16.9 Å². The van der Waals surface area contributed by atoms with Gasteiger partial charge in [0.15, 0.2) is 0 Å². The molecule has 1 saturated heterocycles. The zero-order valence-electron chi connectivity index (χ0n) is 14.4. The van der Waals surface area contributed by atoms with Crippen molar-refractivity contribution in [3.8, 4) is 0 Å². The summed E-state index contributed by atoms with van der Waals surface area (Å²) < 4.78 is 50.8. The van der Waals surface area contributed by atoms with E-state index in [1.165, 1.54) is 17.0 Å². The van der Waals surface area contributed by atoms with Crippen LogP contribution in [0.25, 0.3) is 0 Å². The summed E-state index contributed by atoms with van der Waals surface area (Å²) in [5, 5.41) is 9.52. The average molecular weight is 377 g/mol. The second-order valence-corrected chi connectivity index (χ2v) is 8.78. The molecule has 1 amide bonds. The first kappa shape index (κ1) is 19.8. The number of nitrogens with zero attached hydrogens (tertiary/aromatic N) is 1. The largest absolute Gasteiger partial charge is 0.465 e. The van der Waals surface area contributed by atoms with Crippen molar-refractivity contribution in [1.82, 2.24) is 4.90 Å². The Morgan fingerprint density at radius 2 is 1.80 bits per heavy atom. The first-order chi connectivity index (χ1) is 11.4. The normalized spacial score (nSPS) is 22.9. The molecular weight excluding hydrogens is 355 g/mol. The molecule has 0 bridgehead atoms. The zero-order chi connectivity index (χ0) is 19.0. The highest BCUT2D eigenvalue weighted by atomic mass is 32.2. The van der Waals surface area contributed by atoms with Crippen LogP contribution in [0.5, 0.6) is 0 Å². The van der Waals surface area contributed by atoms with Crippen LogP contribution in [0.2, 0.25) is 0 Å². The quantitative estimate of drug-likeness (QED) is 0.851. The highest BCUT2D eigenvalue weighted by Crippen LogP contribution is 2.45. The van der Waals surface area contributed by atoms with Crippen LogP contribution in [0, 0.1) is 5.41 Å². The smallest absolute Gasteiger partial charge is 0.416 e. The molecule has 0 aliphatic carbocycles. The fourth-order valence-electron chi connectivity index (χ4n) is 3.40. The van der Waals surface area contributed by atoms with E-state index in [9.17, 15) is 27.3 Å². The third kappa shape index (κ3) is 3.83. The highest BCUT2D eigenvalue weighted by Gasteiger charge is 2.52. The molecule has 2 atom stereocenters. The fourth-order valence-corrected chi connectivity index (χ4v) is 5.17. The van der Waals surface area contributed by atoms with Crippen molar-refractivity contribution in [1.29, 1.82) is 0 Å². The van der Waals surface area contributed by atoms with Gasteiger partial charge in [-0.1, -0.05) is 20.8 Å². The first-order valence-corrected chi connectivity index (χ1v) is 9.26. The Hall–Kier alpha value is -1.57. The summed E-state index contributed by atoms with van der Waals surface area (Å²) in [6.45, 7) is 6.07. The number of alkyl halides is 3. The highest BCUT2D eigenvalue weighted by molar-refractivity contribution is 7.85. The topological polar surface area (TPSA) is 57.6 Å². The Morgan fingerprint density at radius 3 is 2.24 bits per heavy atom. The van der Waals surface area contributed by atoms with Crippen LogP contribution >= 0.6 is 0 Å². The molecule has 1 N–H and O–H groups in total. The van der Waals surface area contributed by atoms with E-state index >= 15 is 0 Å². The van der Waals surface area contributed by atoms with Crippen molar-refractivity contribution in [2.45, 2.75) is 50.2 Å². The molecule has 0 spiro atoms. The van der Waals surface area contributed by atoms with Crippen LogP contribution in [0.1, 0.15) is 39.2 Å². The molecule has 2 unspecified atom stereocenters. The third-order valence-corrected chi connectivity index (χ3v) is 6.47. The van der Waals surface area contributed by atoms with Gasteiger partial charge in [-0.25, -0.2) is 4.79 Å². The summed E-state index contributed by atoms with van der Waals surface area (Å²) in [5.41, 5.74) is -2.07. The van der Waals surface area contributed by atoms with Crippen molar-refractivity contribution in [2.24, 2.45) is 5.41 Å². The number of likely N-dealkylation sites (tertiary alicyclic amines) is 1. The summed E-state index contributed by atoms with van der Waals surface area (Å²) in [4.78, 5) is 13.3. The molecule has 1 fully saturated rings. The minimum absolute atomic E-state index is 0.0637. The van der Waals surface area contributed by atoms with E-state index in [0.717, 1.165) is 12.1 Å². The second-order valence-electron chi connectivity index (χ2n) is 7.33. The summed E-state index contributed by atoms with van der Waals surface area (Å²) in [6, 6.07) is 4.21. The van der Waals surface area contributed by atoms with E-state index < -0.39 is 39.6 Å². The van der Waals surface area contributed by atoms with Crippen molar-refractivity contribution in [3.63, 3.8) is 0 Å². The van der Waals surface area contributed by atoms with E-state index in [-0.39, 0.29) is 10.6 Å². The molecule has 4 nitrogen and oxygen atoms in total. The molecule has 140 valence electrons.